The Morgan fingerprint density at radius 3 is 2.93 bits per heavy atom. The molecule has 4 heterocycles. The van der Waals surface area contributed by atoms with Crippen LogP contribution in [0.25, 0.3) is 27.6 Å². The quantitative estimate of drug-likeness (QED) is 0.592. The van der Waals surface area contributed by atoms with E-state index >= 15 is 0 Å². The monoisotopic (exact) mass is 364 g/mol. The molecule has 0 aliphatic carbocycles. The minimum atomic E-state index is -0.297. The van der Waals surface area contributed by atoms with Gasteiger partial charge in [-0.15, -0.1) is 0 Å². The van der Waals surface area contributed by atoms with Gasteiger partial charge in [0.25, 0.3) is 0 Å². The van der Waals surface area contributed by atoms with Crippen LogP contribution in [0, 0.1) is 12.7 Å². The molecular formula is C19H17FN6O. The van der Waals surface area contributed by atoms with E-state index in [9.17, 15) is 9.18 Å². The van der Waals surface area contributed by atoms with Crippen molar-refractivity contribution in [2.24, 2.45) is 0 Å². The highest BCUT2D eigenvalue weighted by molar-refractivity contribution is 6.06. The number of aryl methyl sites for hydroxylation is 1. The lowest BCUT2D eigenvalue weighted by molar-refractivity contribution is -0.118. The topological polar surface area (TPSA) is 79.7 Å². The molecule has 0 atom stereocenters. The molecule has 8 heteroatoms. The van der Waals surface area contributed by atoms with Gasteiger partial charge in [-0.05, 0) is 31.5 Å². The Kier molecular flexibility index (Phi) is 3.46. The number of piperidine rings is 1. The van der Waals surface area contributed by atoms with E-state index in [4.69, 9.17) is 0 Å². The van der Waals surface area contributed by atoms with Crippen molar-refractivity contribution in [3.8, 4) is 5.69 Å². The second-order valence-electron chi connectivity index (χ2n) is 6.83. The van der Waals surface area contributed by atoms with Gasteiger partial charge in [-0.2, -0.15) is 5.10 Å². The number of carbonyl (C=O) groups is 1. The van der Waals surface area contributed by atoms with Gasteiger partial charge in [0.05, 0.1) is 46.9 Å². The SMILES string of the molecule is Cc1nc(N2CCCC(=O)C2)ncc1-n1c2ccc(F)cc2c2[nH]ncc21. The summed E-state index contributed by atoms with van der Waals surface area (Å²) >= 11 is 0. The van der Waals surface area contributed by atoms with E-state index < -0.39 is 0 Å². The number of H-pyrrole nitrogens is 1. The molecule has 0 bridgehead atoms. The zero-order chi connectivity index (χ0) is 18.5. The molecule has 0 radical (unpaired) electrons. The maximum absolute atomic E-state index is 13.8. The lowest BCUT2D eigenvalue weighted by atomic mass is 10.1. The highest BCUT2D eigenvalue weighted by Gasteiger charge is 2.21. The molecule has 136 valence electrons. The van der Waals surface area contributed by atoms with Crippen molar-refractivity contribution in [2.45, 2.75) is 19.8 Å². The van der Waals surface area contributed by atoms with Crippen molar-refractivity contribution in [1.82, 2.24) is 24.7 Å². The third kappa shape index (κ3) is 2.48. The van der Waals surface area contributed by atoms with E-state index in [-0.39, 0.29) is 11.6 Å². The van der Waals surface area contributed by atoms with Crippen LogP contribution in [-0.2, 0) is 4.79 Å². The number of fused-ring (bicyclic) bond motifs is 3. The number of hydrogen-bond acceptors (Lipinski definition) is 5. The van der Waals surface area contributed by atoms with Gasteiger partial charge in [0.15, 0.2) is 5.78 Å². The van der Waals surface area contributed by atoms with Gasteiger partial charge in [0.1, 0.15) is 5.82 Å². The van der Waals surface area contributed by atoms with Gasteiger partial charge in [0.2, 0.25) is 5.95 Å². The predicted octanol–water partition coefficient (Wildman–Crippen LogP) is 2.91. The Balaban J connectivity index is 1.66. The Hall–Kier alpha value is -3.29. The van der Waals surface area contributed by atoms with E-state index in [0.717, 1.165) is 46.3 Å². The minimum absolute atomic E-state index is 0.213. The van der Waals surface area contributed by atoms with Crippen LogP contribution >= 0.6 is 0 Å². The molecule has 1 aliphatic rings. The van der Waals surface area contributed by atoms with Crippen LogP contribution < -0.4 is 4.90 Å². The summed E-state index contributed by atoms with van der Waals surface area (Å²) in [7, 11) is 0. The van der Waals surface area contributed by atoms with Gasteiger partial charge in [-0.3, -0.25) is 9.89 Å². The highest BCUT2D eigenvalue weighted by atomic mass is 19.1. The molecule has 5 rings (SSSR count). The largest absolute Gasteiger partial charge is 0.333 e. The molecule has 1 aromatic carbocycles. The summed E-state index contributed by atoms with van der Waals surface area (Å²) in [5.74, 6) is 0.481. The second-order valence-corrected chi connectivity index (χ2v) is 6.83. The summed E-state index contributed by atoms with van der Waals surface area (Å²) in [4.78, 5) is 22.8. The third-order valence-corrected chi connectivity index (χ3v) is 5.04. The number of nitrogens with zero attached hydrogens (tertiary/aromatic N) is 5. The molecule has 1 fully saturated rings. The van der Waals surface area contributed by atoms with Crippen LogP contribution in [-0.4, -0.2) is 43.6 Å². The fourth-order valence-electron chi connectivity index (χ4n) is 3.77. The van der Waals surface area contributed by atoms with Crippen molar-refractivity contribution in [3.05, 3.63) is 42.1 Å². The first kappa shape index (κ1) is 15.9. The average molecular weight is 364 g/mol. The molecule has 7 nitrogen and oxygen atoms in total. The number of ketones is 1. The van der Waals surface area contributed by atoms with Gasteiger partial charge in [-0.1, -0.05) is 0 Å². The summed E-state index contributed by atoms with van der Waals surface area (Å²) in [6, 6.07) is 4.68. The molecule has 4 aromatic rings. The van der Waals surface area contributed by atoms with Crippen molar-refractivity contribution in [2.75, 3.05) is 18.0 Å². The highest BCUT2D eigenvalue weighted by Crippen LogP contribution is 2.32. The number of aromatic nitrogens is 5. The van der Waals surface area contributed by atoms with Crippen molar-refractivity contribution < 1.29 is 9.18 Å². The summed E-state index contributed by atoms with van der Waals surface area (Å²) in [5.41, 5.74) is 4.04. The van der Waals surface area contributed by atoms with Crippen LogP contribution in [0.4, 0.5) is 10.3 Å². The molecule has 1 N–H and O–H groups in total. The van der Waals surface area contributed by atoms with E-state index in [2.05, 4.69) is 20.2 Å². The van der Waals surface area contributed by atoms with Crippen molar-refractivity contribution in [3.63, 3.8) is 0 Å². The zero-order valence-electron chi connectivity index (χ0n) is 14.7. The molecule has 0 amide bonds. The average Bonchev–Trinajstić information content (AvgIpc) is 3.23. The molecule has 0 spiro atoms. The maximum atomic E-state index is 13.8. The smallest absolute Gasteiger partial charge is 0.226 e. The summed E-state index contributed by atoms with van der Waals surface area (Å²) < 4.78 is 15.7. The zero-order valence-corrected chi connectivity index (χ0v) is 14.7. The number of aromatic amines is 1. The predicted molar refractivity (Wildman–Crippen MR) is 99.7 cm³/mol. The Morgan fingerprint density at radius 1 is 1.22 bits per heavy atom. The van der Waals surface area contributed by atoms with Gasteiger partial charge in [0, 0.05) is 18.4 Å². The summed E-state index contributed by atoms with van der Waals surface area (Å²) in [6.45, 7) is 3.05. The van der Waals surface area contributed by atoms with Gasteiger partial charge < -0.3 is 9.47 Å². The first-order valence-corrected chi connectivity index (χ1v) is 8.85. The van der Waals surface area contributed by atoms with Crippen LogP contribution in [0.2, 0.25) is 0 Å². The number of rotatable bonds is 2. The Morgan fingerprint density at radius 2 is 2.11 bits per heavy atom. The molecule has 27 heavy (non-hydrogen) atoms. The molecule has 1 aliphatic heterocycles. The van der Waals surface area contributed by atoms with Crippen LogP contribution in [0.15, 0.2) is 30.6 Å². The van der Waals surface area contributed by atoms with Crippen molar-refractivity contribution >= 4 is 33.7 Å². The first-order chi connectivity index (χ1) is 13.1. The molecule has 1 saturated heterocycles. The van der Waals surface area contributed by atoms with E-state index in [1.54, 1.807) is 18.5 Å². The minimum Gasteiger partial charge on any atom is -0.333 e. The number of halogens is 1. The fourth-order valence-corrected chi connectivity index (χ4v) is 3.77. The molecule has 0 unspecified atom stereocenters. The first-order valence-electron chi connectivity index (χ1n) is 8.85. The van der Waals surface area contributed by atoms with Gasteiger partial charge >= 0.3 is 0 Å². The lowest BCUT2D eigenvalue weighted by Crippen LogP contribution is -2.36. The van der Waals surface area contributed by atoms with E-state index in [1.807, 2.05) is 16.4 Å². The molecule has 0 saturated carbocycles. The number of nitrogens with one attached hydrogen (secondary N) is 1. The van der Waals surface area contributed by atoms with E-state index in [1.165, 1.54) is 12.1 Å². The summed E-state index contributed by atoms with van der Waals surface area (Å²) in [5, 5.41) is 7.80. The number of benzene rings is 1. The number of hydrogen-bond donors (Lipinski definition) is 1. The standard InChI is InChI=1S/C19H17FN6O/c1-11-16(8-21-19(23-11)25-6-2-3-13(27)10-25)26-15-5-4-12(20)7-14(15)18-17(26)9-22-24-18/h4-5,7-9H,2-3,6,10H2,1H3,(H,22,24). The third-order valence-electron chi connectivity index (χ3n) is 5.04. The molecular weight excluding hydrogens is 347 g/mol. The maximum Gasteiger partial charge on any atom is 0.226 e. The molecule has 3 aromatic heterocycles. The second kappa shape index (κ2) is 5.87. The lowest BCUT2D eigenvalue weighted by Gasteiger charge is -2.26. The number of carbonyl (C=O) groups excluding carboxylic acids is 1. The van der Waals surface area contributed by atoms with Crippen LogP contribution in [0.5, 0.6) is 0 Å². The summed E-state index contributed by atoms with van der Waals surface area (Å²) in [6.07, 6.45) is 4.92. The normalized spacial score (nSPS) is 15.2. The number of anilines is 1. The number of Topliss-reactive ketones (excluding diaryl/α,β-unsaturated/α-hetero) is 1. The van der Waals surface area contributed by atoms with Crippen LogP contribution in [0.3, 0.4) is 0 Å². The fraction of sp³-hybridized carbons (Fsp3) is 0.263. The van der Waals surface area contributed by atoms with Crippen LogP contribution in [0.1, 0.15) is 18.5 Å². The Labute approximate surface area is 153 Å². The van der Waals surface area contributed by atoms with Crippen molar-refractivity contribution in [1.29, 1.82) is 0 Å². The Bertz CT molecular complexity index is 1190. The van der Waals surface area contributed by atoms with E-state index in [0.29, 0.717) is 18.9 Å². The van der Waals surface area contributed by atoms with Gasteiger partial charge in [-0.25, -0.2) is 14.4 Å².